The van der Waals surface area contributed by atoms with Crippen molar-refractivity contribution in [1.29, 1.82) is 0 Å². The fourth-order valence-corrected chi connectivity index (χ4v) is 3.52. The fourth-order valence-electron chi connectivity index (χ4n) is 3.28. The van der Waals surface area contributed by atoms with Gasteiger partial charge in [0.1, 0.15) is 5.60 Å². The van der Waals surface area contributed by atoms with Gasteiger partial charge in [-0.2, -0.15) is 0 Å². The fraction of sp³-hybridized carbons (Fsp3) is 0.429. The normalized spacial score (nSPS) is 17.2. The number of amides is 2. The van der Waals surface area contributed by atoms with E-state index in [1.807, 2.05) is 26.8 Å². The predicted octanol–water partition coefficient (Wildman–Crippen LogP) is 3.94. The minimum absolute atomic E-state index is 0.0347. The predicted molar refractivity (Wildman–Crippen MR) is 110 cm³/mol. The van der Waals surface area contributed by atoms with E-state index < -0.39 is 11.7 Å². The molecule has 29 heavy (non-hydrogen) atoms. The van der Waals surface area contributed by atoms with Crippen molar-refractivity contribution < 1.29 is 14.3 Å². The molecule has 2 aromatic rings. The van der Waals surface area contributed by atoms with Crippen molar-refractivity contribution in [3.63, 3.8) is 0 Å². The van der Waals surface area contributed by atoms with Gasteiger partial charge in [0, 0.05) is 49.5 Å². The van der Waals surface area contributed by atoms with E-state index >= 15 is 0 Å². The summed E-state index contributed by atoms with van der Waals surface area (Å²) in [5, 5.41) is 0.508. The number of nitrogens with zero attached hydrogens (tertiary/aromatic N) is 4. The number of ether oxygens (including phenoxy) is 1. The Morgan fingerprint density at radius 1 is 1.14 bits per heavy atom. The number of benzene rings is 1. The Balaban J connectivity index is 1.99. The lowest BCUT2D eigenvalue weighted by molar-refractivity contribution is -0.131. The van der Waals surface area contributed by atoms with Crippen LogP contribution in [0.2, 0.25) is 5.02 Å². The van der Waals surface area contributed by atoms with Gasteiger partial charge in [0.15, 0.2) is 5.82 Å². The molecule has 0 unspecified atom stereocenters. The first kappa shape index (κ1) is 21.0. The Hall–Kier alpha value is -2.67. The maximum absolute atomic E-state index is 12.9. The molecular weight excluding hydrogens is 392 g/mol. The molecule has 3 rings (SSSR count). The molecule has 0 bridgehead atoms. The Morgan fingerprint density at radius 3 is 2.45 bits per heavy atom. The summed E-state index contributed by atoms with van der Waals surface area (Å²) in [5.41, 5.74) is 0.936. The molecule has 1 atom stereocenters. The summed E-state index contributed by atoms with van der Waals surface area (Å²) >= 11 is 6.38. The van der Waals surface area contributed by atoms with Gasteiger partial charge in [-0.15, -0.1) is 0 Å². The highest BCUT2D eigenvalue weighted by molar-refractivity contribution is 6.31. The molecule has 1 aliphatic heterocycles. The average molecular weight is 417 g/mol. The van der Waals surface area contributed by atoms with Crippen LogP contribution in [0.5, 0.6) is 0 Å². The zero-order chi connectivity index (χ0) is 21.2. The van der Waals surface area contributed by atoms with Crippen molar-refractivity contribution >= 4 is 23.6 Å². The van der Waals surface area contributed by atoms with Gasteiger partial charge in [-0.25, -0.2) is 14.8 Å². The number of hydrogen-bond donors (Lipinski definition) is 0. The van der Waals surface area contributed by atoms with Gasteiger partial charge in [-0.1, -0.05) is 11.6 Å². The SMILES string of the molecule is CC(=O)N1CCN(C(=O)OC(C)(C)C)[C@H](c2cc(Cl)cc(-c3ncccn3)c2)C1. The van der Waals surface area contributed by atoms with Gasteiger partial charge in [0.25, 0.3) is 0 Å². The minimum Gasteiger partial charge on any atom is -0.444 e. The summed E-state index contributed by atoms with van der Waals surface area (Å²) in [6.45, 7) is 8.22. The smallest absolute Gasteiger partial charge is 0.410 e. The first-order valence-electron chi connectivity index (χ1n) is 9.47. The van der Waals surface area contributed by atoms with Crippen molar-refractivity contribution in [2.24, 2.45) is 0 Å². The highest BCUT2D eigenvalue weighted by Gasteiger charge is 2.35. The zero-order valence-corrected chi connectivity index (χ0v) is 17.8. The van der Waals surface area contributed by atoms with Crippen LogP contribution in [0, 0.1) is 0 Å². The Kier molecular flexibility index (Phi) is 6.07. The van der Waals surface area contributed by atoms with E-state index in [0.717, 1.165) is 11.1 Å². The van der Waals surface area contributed by atoms with Gasteiger partial charge in [-0.3, -0.25) is 9.69 Å². The summed E-state index contributed by atoms with van der Waals surface area (Å²) < 4.78 is 5.60. The number of carbonyl (C=O) groups is 2. The Labute approximate surface area is 175 Å². The third kappa shape index (κ3) is 5.23. The molecule has 0 N–H and O–H groups in total. The summed E-state index contributed by atoms with van der Waals surface area (Å²) in [4.78, 5) is 36.8. The summed E-state index contributed by atoms with van der Waals surface area (Å²) in [6.07, 6.45) is 2.91. The molecule has 0 aliphatic carbocycles. The van der Waals surface area contributed by atoms with Crippen LogP contribution in [0.4, 0.5) is 4.79 Å². The largest absolute Gasteiger partial charge is 0.444 e. The Morgan fingerprint density at radius 2 is 1.83 bits per heavy atom. The number of halogens is 1. The van der Waals surface area contributed by atoms with Crippen LogP contribution < -0.4 is 0 Å². The lowest BCUT2D eigenvalue weighted by Crippen LogP contribution is -2.52. The van der Waals surface area contributed by atoms with Gasteiger partial charge in [-0.05, 0) is 50.6 Å². The van der Waals surface area contributed by atoms with Crippen LogP contribution in [0.3, 0.4) is 0 Å². The van der Waals surface area contributed by atoms with Gasteiger partial charge in [0.2, 0.25) is 5.91 Å². The van der Waals surface area contributed by atoms with Gasteiger partial charge < -0.3 is 9.64 Å². The summed E-state index contributed by atoms with van der Waals surface area (Å²) in [5.74, 6) is 0.506. The monoisotopic (exact) mass is 416 g/mol. The molecule has 2 amide bonds. The molecule has 1 fully saturated rings. The van der Waals surface area contributed by atoms with Crippen LogP contribution in [0.15, 0.2) is 36.7 Å². The molecule has 8 heteroatoms. The second-order valence-electron chi connectivity index (χ2n) is 8.00. The molecule has 7 nitrogen and oxygen atoms in total. The number of hydrogen-bond acceptors (Lipinski definition) is 5. The van der Waals surface area contributed by atoms with Crippen LogP contribution in [-0.4, -0.2) is 57.0 Å². The second kappa shape index (κ2) is 8.37. The van der Waals surface area contributed by atoms with E-state index in [2.05, 4.69) is 9.97 Å². The third-order valence-electron chi connectivity index (χ3n) is 4.58. The molecule has 0 spiro atoms. The number of rotatable bonds is 2. The lowest BCUT2D eigenvalue weighted by Gasteiger charge is -2.41. The standard InChI is InChI=1S/C21H25ClN4O3/c1-14(27)25-8-9-26(20(28)29-21(2,3)4)18(13-25)15-10-16(12-17(22)11-15)19-23-6-5-7-24-19/h5-7,10-12,18H,8-9,13H2,1-4H3/t18-/m0/s1. The van der Waals surface area contributed by atoms with Crippen LogP contribution in [-0.2, 0) is 9.53 Å². The van der Waals surface area contributed by atoms with Crippen molar-refractivity contribution in [3.8, 4) is 11.4 Å². The van der Waals surface area contributed by atoms with Crippen LogP contribution in [0.1, 0.15) is 39.3 Å². The molecule has 1 saturated heterocycles. The van der Waals surface area contributed by atoms with Crippen molar-refractivity contribution in [2.75, 3.05) is 19.6 Å². The van der Waals surface area contributed by atoms with E-state index in [-0.39, 0.29) is 11.9 Å². The maximum atomic E-state index is 12.9. The molecule has 1 aromatic carbocycles. The van der Waals surface area contributed by atoms with Crippen LogP contribution >= 0.6 is 11.6 Å². The van der Waals surface area contributed by atoms with Crippen LogP contribution in [0.25, 0.3) is 11.4 Å². The number of piperazine rings is 1. The first-order valence-corrected chi connectivity index (χ1v) is 9.85. The molecule has 1 aliphatic rings. The van der Waals surface area contributed by atoms with Gasteiger partial charge in [0.05, 0.1) is 6.04 Å². The Bertz CT molecular complexity index is 899. The quantitative estimate of drug-likeness (QED) is 0.741. The highest BCUT2D eigenvalue weighted by Crippen LogP contribution is 2.32. The number of aromatic nitrogens is 2. The average Bonchev–Trinajstić information content (AvgIpc) is 2.66. The van der Waals surface area contributed by atoms with E-state index in [1.54, 1.807) is 40.4 Å². The van der Waals surface area contributed by atoms with Gasteiger partial charge >= 0.3 is 6.09 Å². The van der Waals surface area contributed by atoms with Crippen molar-refractivity contribution in [3.05, 3.63) is 47.2 Å². The second-order valence-corrected chi connectivity index (χ2v) is 8.44. The first-order chi connectivity index (χ1) is 13.6. The van der Waals surface area contributed by atoms with E-state index in [4.69, 9.17) is 16.3 Å². The molecule has 0 radical (unpaired) electrons. The summed E-state index contributed by atoms with van der Waals surface area (Å²) in [6, 6.07) is 6.85. The highest BCUT2D eigenvalue weighted by atomic mass is 35.5. The maximum Gasteiger partial charge on any atom is 0.410 e. The van der Waals surface area contributed by atoms with Crippen molar-refractivity contribution in [1.82, 2.24) is 19.8 Å². The molecule has 0 saturated carbocycles. The molecular formula is C21H25ClN4O3. The van der Waals surface area contributed by atoms with Crippen molar-refractivity contribution in [2.45, 2.75) is 39.3 Å². The molecule has 1 aromatic heterocycles. The lowest BCUT2D eigenvalue weighted by atomic mass is 9.99. The summed E-state index contributed by atoms with van der Waals surface area (Å²) in [7, 11) is 0. The van der Waals surface area contributed by atoms with E-state index in [1.165, 1.54) is 6.92 Å². The topological polar surface area (TPSA) is 75.6 Å². The number of carbonyl (C=O) groups excluding carboxylic acids is 2. The third-order valence-corrected chi connectivity index (χ3v) is 4.80. The molecule has 154 valence electrons. The minimum atomic E-state index is -0.614. The van der Waals surface area contributed by atoms with E-state index in [9.17, 15) is 9.59 Å². The molecule has 2 heterocycles. The van der Waals surface area contributed by atoms with E-state index in [0.29, 0.717) is 30.5 Å². The zero-order valence-electron chi connectivity index (χ0n) is 17.1.